The summed E-state index contributed by atoms with van der Waals surface area (Å²) in [4.78, 5) is 0. The third kappa shape index (κ3) is 4.09. The topological polar surface area (TPSA) is 37.4 Å². The van der Waals surface area contributed by atoms with Crippen LogP contribution in [0.3, 0.4) is 0 Å². The normalized spacial score (nSPS) is 28.8. The number of aryl methyl sites for hydroxylation is 1. The molecule has 2 saturated heterocycles. The molecule has 2 unspecified atom stereocenters. The zero-order chi connectivity index (χ0) is 14.5. The molecule has 4 nitrogen and oxygen atoms in total. The first kappa shape index (κ1) is 15.1. The Morgan fingerprint density at radius 1 is 1.00 bits per heavy atom. The zero-order valence-electron chi connectivity index (χ0n) is 13.2. The molecule has 0 amide bonds. The Kier molecular flexibility index (Phi) is 5.33. The highest BCUT2D eigenvalue weighted by atomic mass is 15.7. The van der Waals surface area contributed by atoms with Gasteiger partial charge in [0.1, 0.15) is 0 Å². The van der Waals surface area contributed by atoms with Gasteiger partial charge in [0.05, 0.1) is 6.17 Å². The lowest BCUT2D eigenvalue weighted by atomic mass is 9.94. The van der Waals surface area contributed by atoms with Crippen molar-refractivity contribution < 1.29 is 0 Å². The smallest absolute Gasteiger partial charge is 0.0710 e. The molecule has 3 heterocycles. The minimum atomic E-state index is 0.261. The van der Waals surface area contributed by atoms with Gasteiger partial charge in [-0.15, -0.1) is 0 Å². The predicted molar refractivity (Wildman–Crippen MR) is 86.5 cm³/mol. The summed E-state index contributed by atoms with van der Waals surface area (Å²) >= 11 is 0. The van der Waals surface area contributed by atoms with Crippen molar-refractivity contribution in [3.05, 3.63) is 24.5 Å². The third-order valence-corrected chi connectivity index (χ3v) is 5.08. The molecule has 0 saturated carbocycles. The van der Waals surface area contributed by atoms with Gasteiger partial charge in [-0.3, -0.25) is 0 Å². The lowest BCUT2D eigenvalue weighted by Gasteiger charge is -2.45. The molecule has 0 radical (unpaired) electrons. The SMILES string of the molecule is NC1CCCCN1N1CCCC(CCCn2cccc2)C1. The Hall–Kier alpha value is -0.840. The second kappa shape index (κ2) is 7.43. The average molecular weight is 290 g/mol. The van der Waals surface area contributed by atoms with Crippen molar-refractivity contribution in [2.75, 3.05) is 19.6 Å². The van der Waals surface area contributed by atoms with Gasteiger partial charge in [0, 0.05) is 38.6 Å². The van der Waals surface area contributed by atoms with Crippen LogP contribution in [0.5, 0.6) is 0 Å². The number of rotatable bonds is 5. The van der Waals surface area contributed by atoms with Gasteiger partial charge < -0.3 is 10.3 Å². The maximum atomic E-state index is 6.30. The lowest BCUT2D eigenvalue weighted by molar-refractivity contribution is -0.0993. The Morgan fingerprint density at radius 2 is 1.86 bits per heavy atom. The van der Waals surface area contributed by atoms with Crippen LogP contribution in [0.4, 0.5) is 0 Å². The maximum absolute atomic E-state index is 6.30. The van der Waals surface area contributed by atoms with Gasteiger partial charge in [-0.05, 0) is 63.0 Å². The van der Waals surface area contributed by atoms with Gasteiger partial charge in [-0.2, -0.15) is 0 Å². The van der Waals surface area contributed by atoms with Crippen molar-refractivity contribution in [2.45, 2.75) is 57.7 Å². The second-order valence-electron chi connectivity index (χ2n) is 6.71. The number of aromatic nitrogens is 1. The van der Waals surface area contributed by atoms with E-state index in [1.807, 2.05) is 0 Å². The minimum Gasteiger partial charge on any atom is -0.354 e. The lowest BCUT2D eigenvalue weighted by Crippen LogP contribution is -2.57. The van der Waals surface area contributed by atoms with Gasteiger partial charge in [0.2, 0.25) is 0 Å². The molecule has 0 bridgehead atoms. The summed E-state index contributed by atoms with van der Waals surface area (Å²) in [5, 5.41) is 5.02. The van der Waals surface area contributed by atoms with E-state index in [1.54, 1.807) is 0 Å². The summed E-state index contributed by atoms with van der Waals surface area (Å²) in [5.74, 6) is 0.850. The van der Waals surface area contributed by atoms with Crippen LogP contribution in [0.1, 0.15) is 44.9 Å². The summed E-state index contributed by atoms with van der Waals surface area (Å²) in [6.07, 6.45) is 13.7. The number of hydrogen-bond donors (Lipinski definition) is 1. The highest BCUT2D eigenvalue weighted by Gasteiger charge is 2.28. The molecule has 21 heavy (non-hydrogen) atoms. The van der Waals surface area contributed by atoms with Crippen LogP contribution < -0.4 is 5.73 Å². The fraction of sp³-hybridized carbons (Fsp3) is 0.765. The summed E-state index contributed by atoms with van der Waals surface area (Å²) < 4.78 is 2.29. The van der Waals surface area contributed by atoms with Crippen molar-refractivity contribution in [2.24, 2.45) is 11.7 Å². The summed E-state index contributed by atoms with van der Waals surface area (Å²) in [6.45, 7) is 4.76. The van der Waals surface area contributed by atoms with E-state index < -0.39 is 0 Å². The van der Waals surface area contributed by atoms with Crippen molar-refractivity contribution in [3.63, 3.8) is 0 Å². The van der Waals surface area contributed by atoms with E-state index in [-0.39, 0.29) is 6.17 Å². The molecule has 0 aliphatic carbocycles. The zero-order valence-corrected chi connectivity index (χ0v) is 13.2. The van der Waals surface area contributed by atoms with Crippen LogP contribution in [0.2, 0.25) is 0 Å². The van der Waals surface area contributed by atoms with E-state index in [1.165, 1.54) is 51.6 Å². The summed E-state index contributed by atoms with van der Waals surface area (Å²) in [7, 11) is 0. The van der Waals surface area contributed by atoms with Crippen molar-refractivity contribution in [1.29, 1.82) is 0 Å². The fourth-order valence-electron chi connectivity index (χ4n) is 3.89. The maximum Gasteiger partial charge on any atom is 0.0710 e. The molecule has 4 heteroatoms. The standard InChI is InChI=1S/C17H30N4/c18-17-9-1-2-14-21(17)20-13-6-8-16(15-20)7-5-12-19-10-3-4-11-19/h3-4,10-11,16-17H,1-2,5-9,12-15,18H2. The molecule has 0 aromatic carbocycles. The molecular formula is C17H30N4. The number of hydrogen-bond acceptors (Lipinski definition) is 3. The fourth-order valence-corrected chi connectivity index (χ4v) is 3.89. The quantitative estimate of drug-likeness (QED) is 0.906. The Labute approximate surface area is 128 Å². The predicted octanol–water partition coefficient (Wildman–Crippen LogP) is 2.67. The Morgan fingerprint density at radius 3 is 2.67 bits per heavy atom. The van der Waals surface area contributed by atoms with Gasteiger partial charge in [0.25, 0.3) is 0 Å². The van der Waals surface area contributed by atoms with Crippen LogP contribution in [-0.2, 0) is 6.54 Å². The van der Waals surface area contributed by atoms with Crippen molar-refractivity contribution in [3.8, 4) is 0 Å². The van der Waals surface area contributed by atoms with Gasteiger partial charge >= 0.3 is 0 Å². The molecule has 2 atom stereocenters. The highest BCUT2D eigenvalue weighted by Crippen LogP contribution is 2.25. The first-order chi connectivity index (χ1) is 10.3. The first-order valence-corrected chi connectivity index (χ1v) is 8.71. The van der Waals surface area contributed by atoms with E-state index in [4.69, 9.17) is 5.73 Å². The van der Waals surface area contributed by atoms with Gasteiger partial charge in [-0.1, -0.05) is 0 Å². The van der Waals surface area contributed by atoms with Crippen LogP contribution in [-0.4, -0.2) is 40.4 Å². The number of hydrazine groups is 1. The molecular weight excluding hydrogens is 260 g/mol. The van der Waals surface area contributed by atoms with E-state index in [0.29, 0.717) is 0 Å². The number of nitrogens with two attached hydrogens (primary N) is 1. The Balaban J connectivity index is 1.44. The molecule has 0 spiro atoms. The number of nitrogens with zero attached hydrogens (tertiary/aromatic N) is 3. The van der Waals surface area contributed by atoms with Crippen molar-refractivity contribution >= 4 is 0 Å². The molecule has 118 valence electrons. The summed E-state index contributed by atoms with van der Waals surface area (Å²) in [6, 6.07) is 4.22. The van der Waals surface area contributed by atoms with Gasteiger partial charge in [-0.25, -0.2) is 10.0 Å². The molecule has 2 fully saturated rings. The molecule has 2 aliphatic heterocycles. The van der Waals surface area contributed by atoms with E-state index in [9.17, 15) is 0 Å². The molecule has 2 N–H and O–H groups in total. The molecule has 2 aliphatic rings. The van der Waals surface area contributed by atoms with E-state index in [2.05, 4.69) is 39.1 Å². The van der Waals surface area contributed by atoms with E-state index >= 15 is 0 Å². The van der Waals surface area contributed by atoms with E-state index in [0.717, 1.165) is 25.4 Å². The molecule has 3 rings (SSSR count). The molecule has 1 aromatic heterocycles. The van der Waals surface area contributed by atoms with Crippen LogP contribution >= 0.6 is 0 Å². The highest BCUT2D eigenvalue weighted by molar-refractivity contribution is 4.90. The molecule has 1 aromatic rings. The van der Waals surface area contributed by atoms with Crippen LogP contribution in [0.25, 0.3) is 0 Å². The minimum absolute atomic E-state index is 0.261. The Bertz CT molecular complexity index is 403. The van der Waals surface area contributed by atoms with Gasteiger partial charge in [0.15, 0.2) is 0 Å². The van der Waals surface area contributed by atoms with Crippen LogP contribution in [0.15, 0.2) is 24.5 Å². The average Bonchev–Trinajstić information content (AvgIpc) is 3.01. The first-order valence-electron chi connectivity index (χ1n) is 8.71. The van der Waals surface area contributed by atoms with Crippen molar-refractivity contribution in [1.82, 2.24) is 14.6 Å². The largest absolute Gasteiger partial charge is 0.354 e. The second-order valence-corrected chi connectivity index (χ2v) is 6.71. The van der Waals surface area contributed by atoms with Crippen LogP contribution in [0, 0.1) is 5.92 Å². The monoisotopic (exact) mass is 290 g/mol. The third-order valence-electron chi connectivity index (χ3n) is 5.08. The number of piperidine rings is 2. The summed E-state index contributed by atoms with van der Waals surface area (Å²) in [5.41, 5.74) is 6.30.